The smallest absolute Gasteiger partial charge is 0.328 e. The first-order chi connectivity index (χ1) is 3.63. The van der Waals surface area contributed by atoms with Crippen LogP contribution < -0.4 is 0 Å². The van der Waals surface area contributed by atoms with Crippen LogP contribution in [0.3, 0.4) is 0 Å². The van der Waals surface area contributed by atoms with Gasteiger partial charge in [-0.25, -0.2) is 9.59 Å². The molecule has 11 heavy (non-hydrogen) atoms. The second-order valence-electron chi connectivity index (χ2n) is 1.01. The first-order valence-electron chi connectivity index (χ1n) is 1.77. The van der Waals surface area contributed by atoms with Crippen molar-refractivity contribution in [3.63, 3.8) is 0 Å². The van der Waals surface area contributed by atoms with Gasteiger partial charge in [0.05, 0.1) is 0 Å². The second kappa shape index (κ2) is 12.2. The normalized spacial score (nSPS) is 6.91. The maximum absolute atomic E-state index is 9.55. The molecular weight excluding hydrogens is 256 g/mol. The van der Waals surface area contributed by atoms with Gasteiger partial charge in [-0.05, 0) is 0 Å². The van der Waals surface area contributed by atoms with Gasteiger partial charge >= 0.3 is 11.9 Å². The first kappa shape index (κ1) is 22.4. The molecule has 0 amide bonds. The van der Waals surface area contributed by atoms with Crippen LogP contribution in [-0.4, -0.2) is 33.1 Å². The van der Waals surface area contributed by atoms with E-state index in [4.69, 9.17) is 10.2 Å². The molecule has 0 rings (SSSR count). The topological polar surface area (TPSA) is 138 Å². The molecule has 0 saturated carbocycles. The van der Waals surface area contributed by atoms with Crippen LogP contribution in [0.15, 0.2) is 12.2 Å². The van der Waals surface area contributed by atoms with E-state index in [1.807, 2.05) is 0 Å². The van der Waals surface area contributed by atoms with Crippen LogP contribution in [0.2, 0.25) is 0 Å². The summed E-state index contributed by atoms with van der Waals surface area (Å²) in [5.74, 6) is -2.51. The Morgan fingerprint density at radius 2 is 1.09 bits per heavy atom. The largest absolute Gasteiger partial charge is 0.478 e. The molecule has 62 valence electrons. The Hall–Kier alpha value is -0.478. The molecule has 0 heterocycles. The van der Waals surface area contributed by atoms with Gasteiger partial charge in [-0.2, -0.15) is 0 Å². The van der Waals surface area contributed by atoms with E-state index < -0.39 is 11.9 Å². The number of carbonyl (C=O) groups is 2. The van der Waals surface area contributed by atoms with E-state index >= 15 is 0 Å². The average Bonchev–Trinajstić information content (AvgIpc) is 1.61. The van der Waals surface area contributed by atoms with E-state index in [2.05, 4.69) is 0 Å². The zero-order valence-corrected chi connectivity index (χ0v) is 9.61. The van der Waals surface area contributed by atoms with E-state index in [1.165, 1.54) is 0 Å². The predicted molar refractivity (Wildman–Crippen MR) is 31.6 cm³/mol. The maximum atomic E-state index is 9.55. The summed E-state index contributed by atoms with van der Waals surface area (Å²) in [4.78, 5) is 19.1. The minimum absolute atomic E-state index is 0. The third kappa shape index (κ3) is 26.3. The number of aliphatic carboxylic acids is 2. The Bertz CT molecular complexity index is 126. The van der Waals surface area contributed by atoms with Crippen molar-refractivity contribution in [2.75, 3.05) is 0 Å². The SMILES string of the molecule is O.O.O=C(O)/C=C\C(=O)O.[Cd]. The standard InChI is InChI=1S/C4H4O4.Cd.2H2O/c5-3(6)1-2-4(7)8;;;/h1-2H,(H,5,6)(H,7,8);;2*1H2/b2-1-;;;. The summed E-state index contributed by atoms with van der Waals surface area (Å²) in [6.45, 7) is 0. The number of rotatable bonds is 2. The van der Waals surface area contributed by atoms with Crippen LogP contribution in [-0.2, 0) is 36.9 Å². The van der Waals surface area contributed by atoms with Crippen LogP contribution in [0.25, 0.3) is 0 Å². The van der Waals surface area contributed by atoms with Gasteiger partial charge in [-0.15, -0.1) is 0 Å². The van der Waals surface area contributed by atoms with Gasteiger partial charge in [0, 0.05) is 39.5 Å². The van der Waals surface area contributed by atoms with Crippen molar-refractivity contribution in [1.82, 2.24) is 0 Å². The van der Waals surface area contributed by atoms with Crippen molar-refractivity contribution in [2.24, 2.45) is 0 Å². The van der Waals surface area contributed by atoms with Crippen molar-refractivity contribution < 1.29 is 58.1 Å². The number of carboxylic acid groups (broad SMARTS) is 2. The molecule has 0 unspecified atom stereocenters. The molecule has 6 N–H and O–H groups in total. The zero-order chi connectivity index (χ0) is 6.57. The third-order valence-electron chi connectivity index (χ3n) is 0.368. The number of hydrogen-bond acceptors (Lipinski definition) is 2. The molecule has 0 aliphatic carbocycles. The van der Waals surface area contributed by atoms with Gasteiger partial charge in [0.25, 0.3) is 0 Å². The van der Waals surface area contributed by atoms with Crippen molar-refractivity contribution in [1.29, 1.82) is 0 Å². The summed E-state index contributed by atoms with van der Waals surface area (Å²) in [6, 6.07) is 0. The van der Waals surface area contributed by atoms with Crippen molar-refractivity contribution >= 4 is 11.9 Å². The molecular formula is C4H8CdO6. The fourth-order valence-corrected chi connectivity index (χ4v) is 0.143. The number of carboxylic acids is 2. The molecule has 0 bridgehead atoms. The molecule has 0 saturated heterocycles. The molecule has 0 fully saturated rings. The molecule has 6 nitrogen and oxygen atoms in total. The summed E-state index contributed by atoms with van der Waals surface area (Å²) >= 11 is 0. The maximum Gasteiger partial charge on any atom is 0.328 e. The first-order valence-corrected chi connectivity index (χ1v) is 1.77. The van der Waals surface area contributed by atoms with Gasteiger partial charge in [-0.3, -0.25) is 0 Å². The Kier molecular flexibility index (Phi) is 24.9. The zero-order valence-electron chi connectivity index (χ0n) is 5.57. The van der Waals surface area contributed by atoms with Crippen LogP contribution in [0.5, 0.6) is 0 Å². The number of hydrogen-bond donors (Lipinski definition) is 2. The summed E-state index contributed by atoms with van der Waals surface area (Å²) in [5, 5.41) is 15.6. The van der Waals surface area contributed by atoms with E-state index in [0.29, 0.717) is 12.2 Å². The fraction of sp³-hybridized carbons (Fsp3) is 0. The summed E-state index contributed by atoms with van der Waals surface area (Å²) < 4.78 is 0. The van der Waals surface area contributed by atoms with E-state index in [-0.39, 0.29) is 38.3 Å². The molecule has 0 aromatic heterocycles. The van der Waals surface area contributed by atoms with Crippen LogP contribution >= 0.6 is 0 Å². The van der Waals surface area contributed by atoms with E-state index in [0.717, 1.165) is 0 Å². The molecule has 0 aromatic rings. The molecule has 7 heteroatoms. The van der Waals surface area contributed by atoms with Gasteiger partial charge < -0.3 is 21.2 Å². The van der Waals surface area contributed by atoms with Gasteiger partial charge in [-0.1, -0.05) is 0 Å². The Balaban J connectivity index is -0.0000000817. The van der Waals surface area contributed by atoms with E-state index in [9.17, 15) is 9.59 Å². The summed E-state index contributed by atoms with van der Waals surface area (Å²) in [6.07, 6.45) is 1.12. The van der Waals surface area contributed by atoms with Gasteiger partial charge in [0.1, 0.15) is 0 Å². The van der Waals surface area contributed by atoms with Crippen LogP contribution in [0.1, 0.15) is 0 Å². The monoisotopic (exact) mass is 266 g/mol. The van der Waals surface area contributed by atoms with Gasteiger partial charge in [0.15, 0.2) is 0 Å². The predicted octanol–water partition coefficient (Wildman–Crippen LogP) is -1.94. The van der Waals surface area contributed by atoms with Crippen LogP contribution in [0, 0.1) is 0 Å². The van der Waals surface area contributed by atoms with Crippen molar-refractivity contribution in [3.8, 4) is 0 Å². The quantitative estimate of drug-likeness (QED) is 0.442. The Morgan fingerprint density at radius 3 is 1.18 bits per heavy atom. The molecule has 0 aliphatic heterocycles. The Morgan fingerprint density at radius 1 is 0.909 bits per heavy atom. The minimum atomic E-state index is -1.26. The van der Waals surface area contributed by atoms with Crippen molar-refractivity contribution in [3.05, 3.63) is 12.2 Å². The average molecular weight is 265 g/mol. The minimum Gasteiger partial charge on any atom is -0.478 e. The molecule has 0 atom stereocenters. The second-order valence-corrected chi connectivity index (χ2v) is 1.01. The summed E-state index contributed by atoms with van der Waals surface area (Å²) in [7, 11) is 0. The molecule has 0 aliphatic rings. The van der Waals surface area contributed by atoms with Gasteiger partial charge in [0.2, 0.25) is 0 Å². The molecule has 0 spiro atoms. The summed E-state index contributed by atoms with van der Waals surface area (Å²) in [5.41, 5.74) is 0. The van der Waals surface area contributed by atoms with E-state index in [1.54, 1.807) is 0 Å². The van der Waals surface area contributed by atoms with Crippen LogP contribution in [0.4, 0.5) is 0 Å². The molecule has 0 aromatic carbocycles. The Labute approximate surface area is 82.3 Å². The molecule has 0 radical (unpaired) electrons. The third-order valence-corrected chi connectivity index (χ3v) is 0.368. The van der Waals surface area contributed by atoms with Crippen molar-refractivity contribution in [2.45, 2.75) is 0 Å². The fourth-order valence-electron chi connectivity index (χ4n) is 0.143.